The summed E-state index contributed by atoms with van der Waals surface area (Å²) < 4.78 is 5.08. The number of hydrogen-bond acceptors (Lipinski definition) is 2. The van der Waals surface area contributed by atoms with Crippen molar-refractivity contribution in [1.29, 1.82) is 0 Å². The summed E-state index contributed by atoms with van der Waals surface area (Å²) in [5.74, 6) is 0.848. The van der Waals surface area contributed by atoms with Crippen LogP contribution in [0.4, 0.5) is 0 Å². The Morgan fingerprint density at radius 1 is 1.41 bits per heavy atom. The van der Waals surface area contributed by atoms with Crippen LogP contribution >= 0.6 is 0 Å². The van der Waals surface area contributed by atoms with Crippen LogP contribution in [-0.2, 0) is 11.3 Å². The fourth-order valence-corrected chi connectivity index (χ4v) is 2.06. The Morgan fingerprint density at radius 2 is 2.24 bits per heavy atom. The molecule has 2 nitrogen and oxygen atoms in total. The van der Waals surface area contributed by atoms with E-state index >= 15 is 0 Å². The van der Waals surface area contributed by atoms with Crippen LogP contribution in [0, 0.1) is 0 Å². The second kappa shape index (κ2) is 6.18. The third-order valence-corrected chi connectivity index (χ3v) is 3.41. The lowest BCUT2D eigenvalue weighted by Gasteiger charge is -2.13. The Labute approximate surface area is 104 Å². The lowest BCUT2D eigenvalue weighted by Crippen LogP contribution is -2.26. The van der Waals surface area contributed by atoms with Crippen LogP contribution in [0.2, 0.25) is 0 Å². The van der Waals surface area contributed by atoms with Gasteiger partial charge in [0.1, 0.15) is 0 Å². The summed E-state index contributed by atoms with van der Waals surface area (Å²) in [7, 11) is 1.76. The van der Waals surface area contributed by atoms with Gasteiger partial charge in [0.05, 0.1) is 0 Å². The molecular weight excluding hydrogens is 210 g/mol. The highest BCUT2D eigenvalue weighted by atomic mass is 16.5. The summed E-state index contributed by atoms with van der Waals surface area (Å²) in [6.07, 6.45) is 3.82. The van der Waals surface area contributed by atoms with Gasteiger partial charge in [-0.1, -0.05) is 24.3 Å². The van der Waals surface area contributed by atoms with Gasteiger partial charge in [-0.2, -0.15) is 0 Å². The first kappa shape index (κ1) is 12.6. The Hall–Kier alpha value is -0.860. The first-order valence-corrected chi connectivity index (χ1v) is 6.60. The quantitative estimate of drug-likeness (QED) is 0.781. The van der Waals surface area contributed by atoms with Crippen molar-refractivity contribution in [3.05, 3.63) is 35.4 Å². The van der Waals surface area contributed by atoms with Crippen molar-refractivity contribution >= 4 is 0 Å². The summed E-state index contributed by atoms with van der Waals surface area (Å²) in [5.41, 5.74) is 2.92. The summed E-state index contributed by atoms with van der Waals surface area (Å²) in [4.78, 5) is 0. The van der Waals surface area contributed by atoms with Crippen molar-refractivity contribution in [3.63, 3.8) is 0 Å². The molecule has 0 spiro atoms. The Kier molecular flexibility index (Phi) is 4.57. The van der Waals surface area contributed by atoms with E-state index in [4.69, 9.17) is 4.74 Å². The molecule has 2 heteroatoms. The van der Waals surface area contributed by atoms with Gasteiger partial charge in [0, 0.05) is 26.3 Å². The van der Waals surface area contributed by atoms with E-state index in [-0.39, 0.29) is 0 Å². The zero-order chi connectivity index (χ0) is 12.1. The highest BCUT2D eigenvalue weighted by Crippen LogP contribution is 2.40. The Balaban J connectivity index is 1.79. The molecule has 1 N–H and O–H groups in total. The maximum absolute atomic E-state index is 5.08. The van der Waals surface area contributed by atoms with Crippen molar-refractivity contribution in [2.24, 2.45) is 0 Å². The monoisotopic (exact) mass is 233 g/mol. The standard InChI is InChI=1S/C15H23NO/c1-12(8-9-17-2)16-11-13-4-3-5-15(10-13)14-6-7-14/h3-5,10,12,14,16H,6-9,11H2,1-2H3. The number of methoxy groups -OCH3 is 1. The minimum Gasteiger partial charge on any atom is -0.385 e. The lowest BCUT2D eigenvalue weighted by molar-refractivity contribution is 0.184. The molecule has 0 bridgehead atoms. The Morgan fingerprint density at radius 3 is 2.94 bits per heavy atom. The first-order chi connectivity index (χ1) is 8.29. The first-order valence-electron chi connectivity index (χ1n) is 6.60. The molecule has 0 heterocycles. The fraction of sp³-hybridized carbons (Fsp3) is 0.600. The van der Waals surface area contributed by atoms with E-state index in [2.05, 4.69) is 36.5 Å². The van der Waals surface area contributed by atoms with Gasteiger partial charge in [0.2, 0.25) is 0 Å². The average molecular weight is 233 g/mol. The minimum absolute atomic E-state index is 0.513. The number of ether oxygens (including phenoxy) is 1. The predicted octanol–water partition coefficient (Wildman–Crippen LogP) is 3.08. The van der Waals surface area contributed by atoms with Crippen LogP contribution in [0.25, 0.3) is 0 Å². The molecule has 1 unspecified atom stereocenters. The second-order valence-electron chi connectivity index (χ2n) is 5.08. The third kappa shape index (κ3) is 4.14. The van der Waals surface area contributed by atoms with Gasteiger partial charge in [-0.05, 0) is 43.2 Å². The van der Waals surface area contributed by atoms with E-state index in [1.54, 1.807) is 7.11 Å². The SMILES string of the molecule is COCCC(C)NCc1cccc(C2CC2)c1. The molecule has 0 radical (unpaired) electrons. The third-order valence-electron chi connectivity index (χ3n) is 3.41. The molecule has 2 rings (SSSR count). The van der Waals surface area contributed by atoms with E-state index in [9.17, 15) is 0 Å². The maximum Gasteiger partial charge on any atom is 0.0476 e. The second-order valence-corrected chi connectivity index (χ2v) is 5.08. The number of nitrogens with one attached hydrogen (secondary N) is 1. The molecule has 0 aromatic heterocycles. The summed E-state index contributed by atoms with van der Waals surface area (Å²) in [5, 5.41) is 3.54. The molecule has 94 valence electrons. The smallest absolute Gasteiger partial charge is 0.0476 e. The molecule has 0 amide bonds. The van der Waals surface area contributed by atoms with Crippen molar-refractivity contribution < 1.29 is 4.74 Å². The minimum atomic E-state index is 0.513. The summed E-state index contributed by atoms with van der Waals surface area (Å²) >= 11 is 0. The van der Waals surface area contributed by atoms with Gasteiger partial charge in [-0.25, -0.2) is 0 Å². The molecule has 1 fully saturated rings. The molecule has 1 aromatic carbocycles. The molecule has 0 saturated heterocycles. The van der Waals surface area contributed by atoms with E-state index < -0.39 is 0 Å². The van der Waals surface area contributed by atoms with Gasteiger partial charge in [0.15, 0.2) is 0 Å². The van der Waals surface area contributed by atoms with Crippen LogP contribution < -0.4 is 5.32 Å². The number of benzene rings is 1. The maximum atomic E-state index is 5.08. The molecule has 1 saturated carbocycles. The van der Waals surface area contributed by atoms with Crippen molar-refractivity contribution in [3.8, 4) is 0 Å². The van der Waals surface area contributed by atoms with Crippen molar-refractivity contribution in [2.75, 3.05) is 13.7 Å². The van der Waals surface area contributed by atoms with Gasteiger partial charge < -0.3 is 10.1 Å². The van der Waals surface area contributed by atoms with Crippen LogP contribution in [0.1, 0.15) is 43.2 Å². The largest absolute Gasteiger partial charge is 0.385 e. The highest BCUT2D eigenvalue weighted by molar-refractivity contribution is 5.29. The zero-order valence-corrected chi connectivity index (χ0v) is 10.9. The van der Waals surface area contributed by atoms with Gasteiger partial charge in [0.25, 0.3) is 0 Å². The molecule has 1 aliphatic rings. The zero-order valence-electron chi connectivity index (χ0n) is 10.9. The van der Waals surface area contributed by atoms with Crippen molar-refractivity contribution in [2.45, 2.75) is 44.7 Å². The Bertz CT molecular complexity index is 347. The molecule has 1 aliphatic carbocycles. The predicted molar refractivity (Wildman–Crippen MR) is 71.2 cm³/mol. The fourth-order valence-electron chi connectivity index (χ4n) is 2.06. The van der Waals surface area contributed by atoms with Crippen molar-refractivity contribution in [1.82, 2.24) is 5.32 Å². The van der Waals surface area contributed by atoms with Crippen LogP contribution in [0.5, 0.6) is 0 Å². The summed E-state index contributed by atoms with van der Waals surface area (Å²) in [6, 6.07) is 9.52. The molecule has 17 heavy (non-hydrogen) atoms. The van der Waals surface area contributed by atoms with Crippen LogP contribution in [-0.4, -0.2) is 19.8 Å². The van der Waals surface area contributed by atoms with Gasteiger partial charge >= 0.3 is 0 Å². The van der Waals surface area contributed by atoms with E-state index in [1.807, 2.05) is 0 Å². The molecular formula is C15H23NO. The number of rotatable bonds is 7. The molecule has 1 atom stereocenters. The van der Waals surface area contributed by atoms with E-state index in [0.717, 1.165) is 25.5 Å². The lowest BCUT2D eigenvalue weighted by atomic mass is 10.1. The summed E-state index contributed by atoms with van der Waals surface area (Å²) in [6.45, 7) is 4.01. The molecule has 1 aromatic rings. The van der Waals surface area contributed by atoms with Crippen LogP contribution in [0.15, 0.2) is 24.3 Å². The van der Waals surface area contributed by atoms with E-state index in [1.165, 1.54) is 24.0 Å². The van der Waals surface area contributed by atoms with Gasteiger partial charge in [-0.15, -0.1) is 0 Å². The molecule has 0 aliphatic heterocycles. The highest BCUT2D eigenvalue weighted by Gasteiger charge is 2.23. The topological polar surface area (TPSA) is 21.3 Å². The van der Waals surface area contributed by atoms with E-state index in [0.29, 0.717) is 6.04 Å². The van der Waals surface area contributed by atoms with Gasteiger partial charge in [-0.3, -0.25) is 0 Å². The number of hydrogen-bond donors (Lipinski definition) is 1. The normalized spacial score (nSPS) is 17.1. The van der Waals surface area contributed by atoms with Crippen LogP contribution in [0.3, 0.4) is 0 Å². The average Bonchev–Trinajstić information content (AvgIpc) is 3.18.